The first-order valence-corrected chi connectivity index (χ1v) is 6.56. The zero-order valence-corrected chi connectivity index (χ0v) is 10.8. The third kappa shape index (κ3) is 3.70. The van der Waals surface area contributed by atoms with Gasteiger partial charge in [-0.1, -0.05) is 13.0 Å². The van der Waals surface area contributed by atoms with Gasteiger partial charge in [0.2, 0.25) is 0 Å². The van der Waals surface area contributed by atoms with Gasteiger partial charge in [0, 0.05) is 24.9 Å². The molecule has 18 heavy (non-hydrogen) atoms. The number of aromatic nitrogens is 1. The van der Waals surface area contributed by atoms with Crippen molar-refractivity contribution in [2.24, 2.45) is 0 Å². The third-order valence-electron chi connectivity index (χ3n) is 2.99. The Hall–Kier alpha value is -1.61. The summed E-state index contributed by atoms with van der Waals surface area (Å²) in [6.07, 6.45) is 8.59. The highest BCUT2D eigenvalue weighted by Gasteiger charge is 2.11. The van der Waals surface area contributed by atoms with Crippen molar-refractivity contribution in [3.63, 3.8) is 0 Å². The van der Waals surface area contributed by atoms with Gasteiger partial charge in [0.25, 0.3) is 0 Å². The van der Waals surface area contributed by atoms with Crippen molar-refractivity contribution in [3.8, 4) is 0 Å². The minimum atomic E-state index is 0.351. The van der Waals surface area contributed by atoms with E-state index in [-0.39, 0.29) is 0 Å². The number of hydrogen-bond donors (Lipinski definition) is 1. The van der Waals surface area contributed by atoms with Gasteiger partial charge in [-0.25, -0.2) is 0 Å². The standard InChI is InChI=1S/C15H20N2O/c1-2-9-17-15(13-5-3-10-16-12-13)8-7-14-6-4-11-18-14/h3-6,10-12,15,17H,2,7-9H2,1H3. The molecular weight excluding hydrogens is 224 g/mol. The molecule has 0 fully saturated rings. The van der Waals surface area contributed by atoms with Crippen LogP contribution in [0, 0.1) is 0 Å². The molecule has 0 spiro atoms. The molecule has 0 saturated carbocycles. The first-order chi connectivity index (χ1) is 8.90. The fraction of sp³-hybridized carbons (Fsp3) is 0.400. The van der Waals surface area contributed by atoms with Crippen LogP contribution in [0.25, 0.3) is 0 Å². The molecule has 3 nitrogen and oxygen atoms in total. The van der Waals surface area contributed by atoms with Crippen molar-refractivity contribution >= 4 is 0 Å². The quantitative estimate of drug-likeness (QED) is 0.811. The zero-order valence-electron chi connectivity index (χ0n) is 10.8. The van der Waals surface area contributed by atoms with Crippen LogP contribution in [0.2, 0.25) is 0 Å². The Morgan fingerprint density at radius 2 is 2.28 bits per heavy atom. The normalized spacial score (nSPS) is 12.5. The maximum Gasteiger partial charge on any atom is 0.103 e. The lowest BCUT2D eigenvalue weighted by Gasteiger charge is -2.18. The van der Waals surface area contributed by atoms with E-state index in [0.29, 0.717) is 6.04 Å². The number of aryl methyl sites for hydroxylation is 1. The Kier molecular flexibility index (Phi) is 4.97. The van der Waals surface area contributed by atoms with Crippen LogP contribution in [0.15, 0.2) is 47.3 Å². The number of furan rings is 1. The predicted octanol–water partition coefficient (Wildman–Crippen LogP) is 3.35. The van der Waals surface area contributed by atoms with E-state index in [1.165, 1.54) is 5.56 Å². The second-order valence-corrected chi connectivity index (χ2v) is 4.41. The molecule has 1 atom stereocenters. The maximum atomic E-state index is 5.38. The Labute approximate surface area is 108 Å². The van der Waals surface area contributed by atoms with Gasteiger partial charge in [0.05, 0.1) is 6.26 Å². The molecular formula is C15H20N2O. The van der Waals surface area contributed by atoms with Crippen molar-refractivity contribution in [1.82, 2.24) is 10.3 Å². The second-order valence-electron chi connectivity index (χ2n) is 4.41. The van der Waals surface area contributed by atoms with Gasteiger partial charge >= 0.3 is 0 Å². The van der Waals surface area contributed by atoms with Crippen LogP contribution in [-0.2, 0) is 6.42 Å². The highest BCUT2D eigenvalue weighted by atomic mass is 16.3. The summed E-state index contributed by atoms with van der Waals surface area (Å²) in [5.41, 5.74) is 1.25. The van der Waals surface area contributed by atoms with Crippen LogP contribution < -0.4 is 5.32 Å². The van der Waals surface area contributed by atoms with E-state index < -0.39 is 0 Å². The van der Waals surface area contributed by atoms with Crippen LogP contribution in [0.4, 0.5) is 0 Å². The number of nitrogens with one attached hydrogen (secondary N) is 1. The first-order valence-electron chi connectivity index (χ1n) is 6.56. The molecule has 3 heteroatoms. The lowest BCUT2D eigenvalue weighted by molar-refractivity contribution is 0.452. The summed E-state index contributed by atoms with van der Waals surface area (Å²) in [6, 6.07) is 8.43. The van der Waals surface area contributed by atoms with E-state index in [4.69, 9.17) is 4.42 Å². The van der Waals surface area contributed by atoms with E-state index in [1.54, 1.807) is 6.26 Å². The summed E-state index contributed by atoms with van der Waals surface area (Å²) in [6.45, 7) is 3.21. The summed E-state index contributed by atoms with van der Waals surface area (Å²) in [5.74, 6) is 1.04. The van der Waals surface area contributed by atoms with Gasteiger partial charge in [-0.15, -0.1) is 0 Å². The largest absolute Gasteiger partial charge is 0.469 e. The molecule has 0 saturated heterocycles. The molecule has 2 aromatic rings. The molecule has 0 aromatic carbocycles. The van der Waals surface area contributed by atoms with Crippen molar-refractivity contribution in [2.45, 2.75) is 32.2 Å². The minimum Gasteiger partial charge on any atom is -0.469 e. The Balaban J connectivity index is 1.96. The van der Waals surface area contributed by atoms with E-state index in [9.17, 15) is 0 Å². The molecule has 0 aliphatic heterocycles. The van der Waals surface area contributed by atoms with Crippen LogP contribution in [-0.4, -0.2) is 11.5 Å². The molecule has 0 aliphatic carbocycles. The van der Waals surface area contributed by atoms with Crippen molar-refractivity contribution < 1.29 is 4.42 Å². The minimum absolute atomic E-state index is 0.351. The smallest absolute Gasteiger partial charge is 0.103 e. The summed E-state index contributed by atoms with van der Waals surface area (Å²) >= 11 is 0. The number of hydrogen-bond acceptors (Lipinski definition) is 3. The average molecular weight is 244 g/mol. The van der Waals surface area contributed by atoms with Crippen LogP contribution in [0.1, 0.15) is 37.1 Å². The van der Waals surface area contributed by atoms with Gasteiger partial charge < -0.3 is 9.73 Å². The second kappa shape index (κ2) is 6.97. The van der Waals surface area contributed by atoms with E-state index in [0.717, 1.165) is 31.6 Å². The van der Waals surface area contributed by atoms with Gasteiger partial charge in [-0.05, 0) is 43.1 Å². The molecule has 0 aliphatic rings. The van der Waals surface area contributed by atoms with E-state index in [1.807, 2.05) is 30.6 Å². The van der Waals surface area contributed by atoms with Crippen molar-refractivity contribution in [2.75, 3.05) is 6.54 Å². The van der Waals surface area contributed by atoms with E-state index in [2.05, 4.69) is 23.3 Å². The number of rotatable bonds is 7. The maximum absolute atomic E-state index is 5.38. The first kappa shape index (κ1) is 12.8. The molecule has 0 bridgehead atoms. The van der Waals surface area contributed by atoms with Gasteiger partial charge in [-0.2, -0.15) is 0 Å². The van der Waals surface area contributed by atoms with Gasteiger partial charge in [0.15, 0.2) is 0 Å². The SMILES string of the molecule is CCCNC(CCc1ccco1)c1cccnc1. The van der Waals surface area contributed by atoms with Crippen molar-refractivity contribution in [3.05, 3.63) is 54.2 Å². The Morgan fingerprint density at radius 3 is 2.94 bits per heavy atom. The Bertz CT molecular complexity index is 425. The molecule has 0 amide bonds. The predicted molar refractivity (Wildman–Crippen MR) is 72.3 cm³/mol. The molecule has 1 unspecified atom stereocenters. The molecule has 0 radical (unpaired) electrons. The van der Waals surface area contributed by atoms with Crippen LogP contribution in [0.3, 0.4) is 0 Å². The summed E-state index contributed by atoms with van der Waals surface area (Å²) in [7, 11) is 0. The van der Waals surface area contributed by atoms with Crippen molar-refractivity contribution in [1.29, 1.82) is 0 Å². The number of nitrogens with zero attached hydrogens (tertiary/aromatic N) is 1. The van der Waals surface area contributed by atoms with Crippen LogP contribution >= 0.6 is 0 Å². The monoisotopic (exact) mass is 244 g/mol. The molecule has 2 heterocycles. The zero-order chi connectivity index (χ0) is 12.6. The third-order valence-corrected chi connectivity index (χ3v) is 2.99. The number of pyridine rings is 1. The summed E-state index contributed by atoms with van der Waals surface area (Å²) < 4.78 is 5.38. The molecule has 2 rings (SSSR count). The summed E-state index contributed by atoms with van der Waals surface area (Å²) in [4.78, 5) is 4.20. The summed E-state index contributed by atoms with van der Waals surface area (Å²) in [5, 5.41) is 3.57. The highest BCUT2D eigenvalue weighted by molar-refractivity contribution is 5.14. The lowest BCUT2D eigenvalue weighted by Crippen LogP contribution is -2.22. The van der Waals surface area contributed by atoms with Gasteiger partial charge in [0.1, 0.15) is 5.76 Å². The fourth-order valence-electron chi connectivity index (χ4n) is 2.03. The molecule has 1 N–H and O–H groups in total. The lowest BCUT2D eigenvalue weighted by atomic mass is 10.0. The molecule has 96 valence electrons. The van der Waals surface area contributed by atoms with Gasteiger partial charge in [-0.3, -0.25) is 4.98 Å². The average Bonchev–Trinajstić information content (AvgIpc) is 2.93. The topological polar surface area (TPSA) is 38.1 Å². The highest BCUT2D eigenvalue weighted by Crippen LogP contribution is 2.18. The van der Waals surface area contributed by atoms with E-state index >= 15 is 0 Å². The molecule has 2 aromatic heterocycles. The Morgan fingerprint density at radius 1 is 1.33 bits per heavy atom. The fourth-order valence-corrected chi connectivity index (χ4v) is 2.03. The van der Waals surface area contributed by atoms with Crippen LogP contribution in [0.5, 0.6) is 0 Å².